The molecule has 2 aromatic carbocycles. The van der Waals surface area contributed by atoms with Gasteiger partial charge < -0.3 is 19.9 Å². The maximum atomic E-state index is 12.6. The van der Waals surface area contributed by atoms with Gasteiger partial charge in [0.05, 0.1) is 24.3 Å². The molecule has 1 atom stereocenters. The number of aliphatic hydroxyl groups excluding tert-OH is 1. The Hall–Kier alpha value is -3.16. The predicted octanol–water partition coefficient (Wildman–Crippen LogP) is 4.67. The Bertz CT molecular complexity index is 1230. The zero-order chi connectivity index (χ0) is 21.3. The number of ether oxygens (including phenoxy) is 2. The number of methoxy groups -OCH3 is 1. The van der Waals surface area contributed by atoms with Gasteiger partial charge in [-0.3, -0.25) is 9.78 Å². The van der Waals surface area contributed by atoms with Crippen LogP contribution in [0.1, 0.15) is 22.2 Å². The fraction of sp³-hybridized carbons (Fsp3) is 0.217. The van der Waals surface area contributed by atoms with Crippen molar-refractivity contribution in [3.8, 4) is 17.2 Å². The summed E-state index contributed by atoms with van der Waals surface area (Å²) in [5.41, 5.74) is 1.43. The van der Waals surface area contributed by atoms with Gasteiger partial charge in [-0.25, -0.2) is 0 Å². The summed E-state index contributed by atoms with van der Waals surface area (Å²) in [6, 6.07) is 13.2. The monoisotopic (exact) mass is 422 g/mol. The number of aryl methyl sites for hydroxylation is 1. The molecule has 2 N–H and O–H groups in total. The molecule has 4 aromatic rings. The molecule has 2 aromatic heterocycles. The fourth-order valence-electron chi connectivity index (χ4n) is 3.32. The van der Waals surface area contributed by atoms with Gasteiger partial charge in [-0.1, -0.05) is 0 Å². The van der Waals surface area contributed by atoms with Gasteiger partial charge in [0.25, 0.3) is 5.91 Å². The molecule has 7 heteroatoms. The maximum absolute atomic E-state index is 12.6. The summed E-state index contributed by atoms with van der Waals surface area (Å²) < 4.78 is 12.4. The van der Waals surface area contributed by atoms with E-state index >= 15 is 0 Å². The van der Waals surface area contributed by atoms with Crippen molar-refractivity contribution < 1.29 is 19.4 Å². The zero-order valence-electron chi connectivity index (χ0n) is 16.9. The van der Waals surface area contributed by atoms with Crippen molar-refractivity contribution >= 4 is 38.2 Å². The summed E-state index contributed by atoms with van der Waals surface area (Å²) in [7, 11) is 1.62. The lowest BCUT2D eigenvalue weighted by atomic mass is 10.1. The summed E-state index contributed by atoms with van der Waals surface area (Å²) in [5.74, 6) is 1.94. The molecular weight excluding hydrogens is 400 g/mol. The highest BCUT2D eigenvalue weighted by molar-refractivity contribution is 7.19. The molecule has 6 nitrogen and oxygen atoms in total. The minimum atomic E-state index is -0.589. The van der Waals surface area contributed by atoms with Crippen molar-refractivity contribution in [3.05, 3.63) is 59.1 Å². The molecule has 30 heavy (non-hydrogen) atoms. The molecule has 0 spiro atoms. The van der Waals surface area contributed by atoms with E-state index in [9.17, 15) is 9.90 Å². The van der Waals surface area contributed by atoms with E-state index in [1.165, 1.54) is 0 Å². The van der Waals surface area contributed by atoms with Crippen LogP contribution in [-0.2, 0) is 0 Å². The van der Waals surface area contributed by atoms with Crippen molar-refractivity contribution in [3.63, 3.8) is 0 Å². The lowest BCUT2D eigenvalue weighted by molar-refractivity contribution is 0.0925. The number of thiophene rings is 1. The number of aliphatic hydroxyl groups is 1. The number of carbonyl (C=O) groups is 1. The van der Waals surface area contributed by atoms with Crippen LogP contribution in [0.3, 0.4) is 0 Å². The van der Waals surface area contributed by atoms with Gasteiger partial charge >= 0.3 is 0 Å². The number of nitrogens with one attached hydrogen (secondary N) is 1. The van der Waals surface area contributed by atoms with Gasteiger partial charge in [-0.2, -0.15) is 0 Å². The molecule has 1 unspecified atom stereocenters. The highest BCUT2D eigenvalue weighted by Crippen LogP contribution is 2.36. The second-order valence-corrected chi connectivity index (χ2v) is 8.30. The number of benzene rings is 2. The highest BCUT2D eigenvalue weighted by atomic mass is 32.1. The van der Waals surface area contributed by atoms with Crippen molar-refractivity contribution in [1.29, 1.82) is 0 Å². The number of amides is 1. The summed E-state index contributed by atoms with van der Waals surface area (Å²) in [6.45, 7) is 3.78. The predicted molar refractivity (Wildman–Crippen MR) is 119 cm³/mol. The molecule has 0 radical (unpaired) electrons. The molecule has 0 aliphatic rings. The largest absolute Gasteiger partial charge is 0.497 e. The van der Waals surface area contributed by atoms with Gasteiger partial charge in [0.1, 0.15) is 17.2 Å². The number of aromatic nitrogens is 1. The first-order chi connectivity index (χ1) is 14.5. The van der Waals surface area contributed by atoms with Crippen LogP contribution < -0.4 is 14.8 Å². The smallest absolute Gasteiger partial charge is 0.253 e. The van der Waals surface area contributed by atoms with Crippen LogP contribution in [0.2, 0.25) is 0 Å². The number of pyridine rings is 1. The Morgan fingerprint density at radius 2 is 1.93 bits per heavy atom. The first kappa shape index (κ1) is 20.1. The lowest BCUT2D eigenvalue weighted by Crippen LogP contribution is -2.30. The van der Waals surface area contributed by atoms with E-state index in [4.69, 9.17) is 9.47 Å². The summed E-state index contributed by atoms with van der Waals surface area (Å²) in [4.78, 5) is 17.9. The van der Waals surface area contributed by atoms with E-state index in [1.54, 1.807) is 31.6 Å². The number of hydrogen-bond acceptors (Lipinski definition) is 6. The molecule has 4 rings (SSSR count). The molecule has 154 valence electrons. The Balaban J connectivity index is 1.65. The summed E-state index contributed by atoms with van der Waals surface area (Å²) in [5, 5.41) is 14.0. The lowest BCUT2D eigenvalue weighted by Gasteiger charge is -2.10. The average molecular weight is 423 g/mol. The van der Waals surface area contributed by atoms with Crippen molar-refractivity contribution in [2.75, 3.05) is 13.7 Å². The van der Waals surface area contributed by atoms with Crippen LogP contribution in [-0.4, -0.2) is 35.8 Å². The molecule has 0 aliphatic heterocycles. The second-order valence-electron chi connectivity index (χ2n) is 7.04. The third-order valence-corrected chi connectivity index (χ3v) is 5.83. The number of nitrogens with zero attached hydrogens (tertiary/aromatic N) is 1. The number of carbonyl (C=O) groups excluding carboxylic acids is 1. The molecule has 0 saturated heterocycles. The minimum absolute atomic E-state index is 0.178. The van der Waals surface area contributed by atoms with E-state index < -0.39 is 6.10 Å². The Labute approximate surface area is 178 Å². The van der Waals surface area contributed by atoms with Gasteiger partial charge in [0.2, 0.25) is 0 Å². The SMILES string of the molecule is COc1ccc2c(Oc3ccc4c(C(=O)NCC(C)O)c(C)sc4c3)ccnc2c1. The third kappa shape index (κ3) is 3.94. The molecule has 0 saturated carbocycles. The second kappa shape index (κ2) is 8.30. The molecule has 0 aliphatic carbocycles. The normalized spacial score (nSPS) is 12.1. The number of hydrogen-bond donors (Lipinski definition) is 2. The fourth-order valence-corrected chi connectivity index (χ4v) is 4.41. The van der Waals surface area contributed by atoms with Crippen molar-refractivity contribution in [2.45, 2.75) is 20.0 Å². The van der Waals surface area contributed by atoms with Crippen LogP contribution >= 0.6 is 11.3 Å². The van der Waals surface area contributed by atoms with Crippen LogP contribution in [0.4, 0.5) is 0 Å². The van der Waals surface area contributed by atoms with Gasteiger partial charge in [0, 0.05) is 39.2 Å². The van der Waals surface area contributed by atoms with Gasteiger partial charge in [-0.05, 0) is 50.2 Å². The minimum Gasteiger partial charge on any atom is -0.497 e. The van der Waals surface area contributed by atoms with Crippen molar-refractivity contribution in [2.24, 2.45) is 0 Å². The topological polar surface area (TPSA) is 80.7 Å². The van der Waals surface area contributed by atoms with Crippen LogP contribution in [0, 0.1) is 6.92 Å². The van der Waals surface area contributed by atoms with Crippen molar-refractivity contribution in [1.82, 2.24) is 10.3 Å². The zero-order valence-corrected chi connectivity index (χ0v) is 17.7. The van der Waals surface area contributed by atoms with E-state index in [1.807, 2.05) is 49.4 Å². The molecule has 0 bridgehead atoms. The third-order valence-electron chi connectivity index (χ3n) is 4.76. The number of fused-ring (bicyclic) bond motifs is 2. The van der Waals surface area contributed by atoms with E-state index in [2.05, 4.69) is 10.3 Å². The first-order valence-corrected chi connectivity index (χ1v) is 10.4. The Morgan fingerprint density at radius 1 is 1.17 bits per heavy atom. The van der Waals surface area contributed by atoms with Crippen LogP contribution in [0.5, 0.6) is 17.2 Å². The quantitative estimate of drug-likeness (QED) is 0.472. The highest BCUT2D eigenvalue weighted by Gasteiger charge is 2.17. The van der Waals surface area contributed by atoms with E-state index in [-0.39, 0.29) is 12.5 Å². The first-order valence-electron chi connectivity index (χ1n) is 9.56. The van der Waals surface area contributed by atoms with Gasteiger partial charge in [0.15, 0.2) is 0 Å². The van der Waals surface area contributed by atoms with Crippen LogP contribution in [0.25, 0.3) is 21.0 Å². The number of rotatable bonds is 6. The Kier molecular flexibility index (Phi) is 5.57. The average Bonchev–Trinajstić information content (AvgIpc) is 3.06. The van der Waals surface area contributed by atoms with E-state index in [0.717, 1.165) is 31.6 Å². The molecule has 1 amide bonds. The molecular formula is C23H22N2O4S. The Morgan fingerprint density at radius 3 is 2.70 bits per heavy atom. The standard InChI is InChI=1S/C23H22N2O4S/c1-13(26)12-25-23(27)22-14(2)30-21-11-16(5-7-18(21)22)29-20-8-9-24-19-10-15(28-3)4-6-17(19)20/h4-11,13,26H,12H2,1-3H3,(H,25,27). The maximum Gasteiger partial charge on any atom is 0.253 e. The molecule has 2 heterocycles. The van der Waals surface area contributed by atoms with Gasteiger partial charge in [-0.15, -0.1) is 11.3 Å². The summed E-state index contributed by atoms with van der Waals surface area (Å²) >= 11 is 1.54. The van der Waals surface area contributed by atoms with Crippen LogP contribution in [0.15, 0.2) is 48.7 Å². The van der Waals surface area contributed by atoms with E-state index in [0.29, 0.717) is 17.1 Å². The summed E-state index contributed by atoms with van der Waals surface area (Å²) in [6.07, 6.45) is 1.12. The molecule has 0 fully saturated rings.